The van der Waals surface area contributed by atoms with Crippen molar-refractivity contribution in [3.63, 3.8) is 0 Å². The molecule has 4 nitrogen and oxygen atoms in total. The lowest BCUT2D eigenvalue weighted by atomic mass is 10.1. The molecule has 0 saturated carbocycles. The van der Waals surface area contributed by atoms with Crippen molar-refractivity contribution in [2.24, 2.45) is 0 Å². The summed E-state index contributed by atoms with van der Waals surface area (Å²) >= 11 is 0. The SMILES string of the molecule is CCN(Cc1cc(C#CCO)ccc1OC)CC(C)(C)O. The van der Waals surface area contributed by atoms with Gasteiger partial charge in [-0.2, -0.15) is 0 Å². The minimum atomic E-state index is -0.739. The van der Waals surface area contributed by atoms with Crippen LogP contribution >= 0.6 is 0 Å². The maximum atomic E-state index is 9.97. The largest absolute Gasteiger partial charge is 0.496 e. The fourth-order valence-corrected chi connectivity index (χ4v) is 2.19. The molecular weight excluding hydrogens is 266 g/mol. The molecule has 0 atom stereocenters. The number of nitrogens with zero attached hydrogens (tertiary/aromatic N) is 1. The number of methoxy groups -OCH3 is 1. The van der Waals surface area contributed by atoms with Gasteiger partial charge in [0.2, 0.25) is 0 Å². The van der Waals surface area contributed by atoms with Gasteiger partial charge < -0.3 is 14.9 Å². The molecule has 1 rings (SSSR count). The summed E-state index contributed by atoms with van der Waals surface area (Å²) in [5.41, 5.74) is 1.13. The maximum absolute atomic E-state index is 9.97. The first kappa shape index (κ1) is 17.5. The number of aliphatic hydroxyl groups is 2. The average Bonchev–Trinajstić information content (AvgIpc) is 2.43. The molecule has 0 unspecified atom stereocenters. The van der Waals surface area contributed by atoms with Crippen LogP contribution in [0.3, 0.4) is 0 Å². The van der Waals surface area contributed by atoms with Crippen LogP contribution in [0.5, 0.6) is 5.75 Å². The van der Waals surface area contributed by atoms with Gasteiger partial charge in [-0.25, -0.2) is 0 Å². The van der Waals surface area contributed by atoms with Crippen molar-refractivity contribution in [3.05, 3.63) is 29.3 Å². The number of likely N-dealkylation sites (N-methyl/N-ethyl adjacent to an activating group) is 1. The molecule has 0 aliphatic carbocycles. The Morgan fingerprint density at radius 1 is 1.33 bits per heavy atom. The van der Waals surface area contributed by atoms with E-state index in [2.05, 4.69) is 23.7 Å². The second kappa shape index (κ2) is 8.04. The Morgan fingerprint density at radius 3 is 2.57 bits per heavy atom. The standard InChI is InChI=1S/C17H25NO3/c1-5-18(13-17(2,3)20)12-15-11-14(7-6-10-19)8-9-16(15)21-4/h8-9,11,19-20H,5,10,12-13H2,1-4H3. The van der Waals surface area contributed by atoms with Crippen molar-refractivity contribution in [2.45, 2.75) is 32.9 Å². The van der Waals surface area contributed by atoms with E-state index in [4.69, 9.17) is 9.84 Å². The molecule has 4 heteroatoms. The smallest absolute Gasteiger partial charge is 0.123 e. The topological polar surface area (TPSA) is 52.9 Å². The average molecular weight is 291 g/mol. The van der Waals surface area contributed by atoms with Crippen LogP contribution in [0, 0.1) is 11.8 Å². The molecule has 0 aliphatic rings. The second-order valence-corrected chi connectivity index (χ2v) is 5.60. The van der Waals surface area contributed by atoms with Gasteiger partial charge >= 0.3 is 0 Å². The fraction of sp³-hybridized carbons (Fsp3) is 0.529. The first-order valence-electron chi connectivity index (χ1n) is 7.11. The van der Waals surface area contributed by atoms with Gasteiger partial charge in [0.25, 0.3) is 0 Å². The molecular formula is C17H25NO3. The Kier molecular flexibility index (Phi) is 6.70. The zero-order valence-corrected chi connectivity index (χ0v) is 13.3. The molecule has 1 aromatic rings. The van der Waals surface area contributed by atoms with E-state index in [1.54, 1.807) is 21.0 Å². The summed E-state index contributed by atoms with van der Waals surface area (Å²) in [6.07, 6.45) is 0. The molecule has 0 spiro atoms. The molecule has 0 saturated heterocycles. The van der Waals surface area contributed by atoms with Crippen LogP contribution in [-0.4, -0.2) is 47.5 Å². The lowest BCUT2D eigenvalue weighted by Crippen LogP contribution is -2.38. The summed E-state index contributed by atoms with van der Waals surface area (Å²) in [4.78, 5) is 2.15. The third-order valence-electron chi connectivity index (χ3n) is 3.04. The summed E-state index contributed by atoms with van der Waals surface area (Å²) < 4.78 is 5.39. The fourth-order valence-electron chi connectivity index (χ4n) is 2.19. The number of hydrogen-bond acceptors (Lipinski definition) is 4. The molecule has 0 aliphatic heterocycles. The van der Waals surface area contributed by atoms with Crippen molar-refractivity contribution >= 4 is 0 Å². The number of benzene rings is 1. The third-order valence-corrected chi connectivity index (χ3v) is 3.04. The van der Waals surface area contributed by atoms with E-state index in [0.717, 1.165) is 23.4 Å². The van der Waals surface area contributed by atoms with E-state index >= 15 is 0 Å². The van der Waals surface area contributed by atoms with Crippen molar-refractivity contribution in [1.82, 2.24) is 4.90 Å². The van der Waals surface area contributed by atoms with Crippen LogP contribution in [0.25, 0.3) is 0 Å². The van der Waals surface area contributed by atoms with Gasteiger partial charge in [-0.1, -0.05) is 18.8 Å². The first-order chi connectivity index (χ1) is 9.89. The van der Waals surface area contributed by atoms with Crippen LogP contribution < -0.4 is 4.74 Å². The maximum Gasteiger partial charge on any atom is 0.123 e. The number of ether oxygens (including phenoxy) is 1. The molecule has 2 N–H and O–H groups in total. The predicted octanol–water partition coefficient (Wildman–Crippen LogP) is 1.63. The van der Waals surface area contributed by atoms with Gasteiger partial charge in [-0.3, -0.25) is 4.90 Å². The minimum absolute atomic E-state index is 0.152. The van der Waals surface area contributed by atoms with Gasteiger partial charge in [0.05, 0.1) is 12.7 Å². The normalized spacial score (nSPS) is 11.2. The van der Waals surface area contributed by atoms with Gasteiger partial charge in [-0.05, 0) is 38.6 Å². The van der Waals surface area contributed by atoms with Crippen LogP contribution in [0.4, 0.5) is 0 Å². The molecule has 1 aromatic carbocycles. The van der Waals surface area contributed by atoms with Crippen LogP contribution in [0.1, 0.15) is 31.9 Å². The highest BCUT2D eigenvalue weighted by molar-refractivity contribution is 5.44. The molecule has 0 heterocycles. The van der Waals surface area contributed by atoms with E-state index in [0.29, 0.717) is 13.1 Å². The molecule has 0 aromatic heterocycles. The van der Waals surface area contributed by atoms with Crippen molar-refractivity contribution < 1.29 is 14.9 Å². The van der Waals surface area contributed by atoms with Gasteiger partial charge in [0.15, 0.2) is 0 Å². The third kappa shape index (κ3) is 6.17. The highest BCUT2D eigenvalue weighted by Gasteiger charge is 2.18. The Morgan fingerprint density at radius 2 is 2.05 bits per heavy atom. The summed E-state index contributed by atoms with van der Waals surface area (Å²) in [6, 6.07) is 5.72. The summed E-state index contributed by atoms with van der Waals surface area (Å²) in [5, 5.41) is 18.7. The number of rotatable bonds is 6. The zero-order valence-electron chi connectivity index (χ0n) is 13.3. The first-order valence-corrected chi connectivity index (χ1v) is 7.11. The summed E-state index contributed by atoms with van der Waals surface area (Å²) in [6.45, 7) is 7.61. The quantitative estimate of drug-likeness (QED) is 0.782. The zero-order chi connectivity index (χ0) is 15.9. The summed E-state index contributed by atoms with van der Waals surface area (Å²) in [5.74, 6) is 6.35. The van der Waals surface area contributed by atoms with Gasteiger partial charge in [0, 0.05) is 24.2 Å². The Hall–Kier alpha value is -1.54. The lowest BCUT2D eigenvalue weighted by Gasteiger charge is -2.28. The highest BCUT2D eigenvalue weighted by atomic mass is 16.5. The molecule has 0 amide bonds. The van der Waals surface area contributed by atoms with E-state index in [1.807, 2.05) is 18.2 Å². The van der Waals surface area contributed by atoms with E-state index in [9.17, 15) is 5.11 Å². The van der Waals surface area contributed by atoms with Crippen LogP contribution in [-0.2, 0) is 6.54 Å². The predicted molar refractivity (Wildman–Crippen MR) is 84.2 cm³/mol. The monoisotopic (exact) mass is 291 g/mol. The Balaban J connectivity index is 2.97. The summed E-state index contributed by atoms with van der Waals surface area (Å²) in [7, 11) is 1.64. The minimum Gasteiger partial charge on any atom is -0.496 e. The highest BCUT2D eigenvalue weighted by Crippen LogP contribution is 2.22. The molecule has 21 heavy (non-hydrogen) atoms. The Bertz CT molecular complexity index is 509. The van der Waals surface area contributed by atoms with Crippen molar-refractivity contribution in [1.29, 1.82) is 0 Å². The van der Waals surface area contributed by atoms with Gasteiger partial charge in [0.1, 0.15) is 12.4 Å². The van der Waals surface area contributed by atoms with Crippen molar-refractivity contribution in [3.8, 4) is 17.6 Å². The molecule has 0 fully saturated rings. The molecule has 116 valence electrons. The Labute approximate surface area is 127 Å². The van der Waals surface area contributed by atoms with Crippen LogP contribution in [0.2, 0.25) is 0 Å². The van der Waals surface area contributed by atoms with Gasteiger partial charge in [-0.15, -0.1) is 0 Å². The number of hydrogen-bond donors (Lipinski definition) is 2. The lowest BCUT2D eigenvalue weighted by molar-refractivity contribution is 0.0351. The number of aliphatic hydroxyl groups excluding tert-OH is 1. The second-order valence-electron chi connectivity index (χ2n) is 5.60. The van der Waals surface area contributed by atoms with E-state index in [-0.39, 0.29) is 6.61 Å². The van der Waals surface area contributed by atoms with E-state index in [1.165, 1.54) is 0 Å². The van der Waals surface area contributed by atoms with E-state index < -0.39 is 5.60 Å². The van der Waals surface area contributed by atoms with Crippen molar-refractivity contribution in [2.75, 3.05) is 26.8 Å². The molecule has 0 bridgehead atoms. The molecule has 0 radical (unpaired) electrons. The van der Waals surface area contributed by atoms with Crippen LogP contribution in [0.15, 0.2) is 18.2 Å².